The van der Waals surface area contributed by atoms with Gasteiger partial charge < -0.3 is 0 Å². The number of para-hydroxylation sites is 4. The molecule has 8 heteroatoms. The quantitative estimate of drug-likeness (QED) is 0.110. The second kappa shape index (κ2) is 16.3. The monoisotopic (exact) mass is 746 g/mol. The molecule has 6 nitrogen and oxygen atoms in total. The van der Waals surface area contributed by atoms with Gasteiger partial charge >= 0.3 is 317 Å². The van der Waals surface area contributed by atoms with Gasteiger partial charge in [0, 0.05) is 0 Å². The van der Waals surface area contributed by atoms with Crippen LogP contribution in [0.4, 0.5) is 0 Å². The summed E-state index contributed by atoms with van der Waals surface area (Å²) in [4.78, 5) is 0. The van der Waals surface area contributed by atoms with Gasteiger partial charge in [-0.3, -0.25) is 0 Å². The Balaban J connectivity index is 1.47. The van der Waals surface area contributed by atoms with Crippen LogP contribution in [0, 0.1) is 55.4 Å². The van der Waals surface area contributed by atoms with Crippen molar-refractivity contribution in [3.63, 3.8) is 0 Å². The fourth-order valence-corrected chi connectivity index (χ4v) is 9.42. The molecule has 0 saturated heterocycles. The normalized spacial score (nSPS) is 11.6. The van der Waals surface area contributed by atoms with Crippen molar-refractivity contribution >= 4 is 16.5 Å². The van der Waals surface area contributed by atoms with Gasteiger partial charge in [-0.15, -0.1) is 0 Å². The number of aryl methyl sites for hydroxylation is 8. The van der Waals surface area contributed by atoms with Crippen LogP contribution in [0.5, 0.6) is 34.5 Å². The molecule has 0 radical (unpaired) electrons. The molecule has 6 rings (SSSR count). The molecule has 0 heterocycles. The van der Waals surface area contributed by atoms with E-state index in [-0.39, 0.29) is 0 Å². The Morgan fingerprint density at radius 1 is 0.377 bits per heavy atom. The average Bonchev–Trinajstić information content (AvgIpc) is 3.11. The second-order valence-corrected chi connectivity index (χ2v) is 17.0. The summed E-state index contributed by atoms with van der Waals surface area (Å²) in [5.74, 6) is 4.11. The first-order chi connectivity index (χ1) is 25.4. The molecule has 0 amide bonds. The minimum atomic E-state index is -3.53. The standard InChI is InChI=1S/C45H48O6P2/c1-30-26-36(7)44(48-52(46-40-22-14-10-18-32(40)3)47-41-23-15-11-19-33(41)4)38(28-30)39-29-31(2)27-37(8)45(39)51-53(9,49-42-24-16-12-20-34(42)5)50-43-25-17-13-21-35(43)6/h10-29,53H,1-9H3. The van der Waals surface area contributed by atoms with E-state index in [2.05, 4.69) is 45.0 Å². The van der Waals surface area contributed by atoms with E-state index in [1.807, 2.05) is 138 Å². The fourth-order valence-electron chi connectivity index (χ4n) is 6.16. The Kier molecular flexibility index (Phi) is 11.6. The molecule has 0 aliphatic heterocycles. The predicted molar refractivity (Wildman–Crippen MR) is 220 cm³/mol. The third-order valence-corrected chi connectivity index (χ3v) is 11.7. The summed E-state index contributed by atoms with van der Waals surface area (Å²) in [7, 11) is -5.49. The van der Waals surface area contributed by atoms with Crippen LogP contribution in [0.25, 0.3) is 11.1 Å². The minimum absolute atomic E-state index is 0.641. The summed E-state index contributed by atoms with van der Waals surface area (Å²) in [5, 5.41) is 0. The molecule has 6 aromatic carbocycles. The van der Waals surface area contributed by atoms with Gasteiger partial charge in [0.05, 0.1) is 0 Å². The van der Waals surface area contributed by atoms with Crippen molar-refractivity contribution < 1.29 is 27.1 Å². The zero-order valence-corrected chi connectivity index (χ0v) is 33.8. The fraction of sp³-hybridized carbons (Fsp3) is 0.200. The Labute approximate surface area is 316 Å². The molecule has 0 bridgehead atoms. The van der Waals surface area contributed by atoms with Gasteiger partial charge in [-0.05, 0) is 0 Å². The van der Waals surface area contributed by atoms with E-state index in [9.17, 15) is 0 Å². The molecule has 0 N–H and O–H groups in total. The molecule has 0 saturated carbocycles. The molecular formula is C45H48O6P2. The third kappa shape index (κ3) is 9.14. The van der Waals surface area contributed by atoms with E-state index < -0.39 is 16.5 Å². The maximum atomic E-state index is 7.14. The first-order valence-corrected chi connectivity index (χ1v) is 21.1. The molecule has 0 atom stereocenters. The van der Waals surface area contributed by atoms with Crippen LogP contribution in [-0.4, -0.2) is 6.66 Å². The predicted octanol–water partition coefficient (Wildman–Crippen LogP) is 13.2. The number of hydrogen-bond acceptors (Lipinski definition) is 6. The zero-order chi connectivity index (χ0) is 37.7. The molecule has 6 aromatic rings. The van der Waals surface area contributed by atoms with Crippen molar-refractivity contribution in [2.75, 3.05) is 6.66 Å². The summed E-state index contributed by atoms with van der Waals surface area (Å²) in [6.45, 7) is 18.3. The molecule has 0 fully saturated rings. The van der Waals surface area contributed by atoms with E-state index in [0.717, 1.165) is 55.6 Å². The van der Waals surface area contributed by atoms with Crippen molar-refractivity contribution in [2.45, 2.75) is 55.4 Å². The molecule has 53 heavy (non-hydrogen) atoms. The molecule has 0 aromatic heterocycles. The van der Waals surface area contributed by atoms with Gasteiger partial charge in [0.25, 0.3) is 0 Å². The Morgan fingerprint density at radius 2 is 0.736 bits per heavy atom. The van der Waals surface area contributed by atoms with Crippen LogP contribution in [0.3, 0.4) is 0 Å². The maximum absolute atomic E-state index is 7.14. The van der Waals surface area contributed by atoms with E-state index >= 15 is 0 Å². The average molecular weight is 747 g/mol. The first-order valence-electron chi connectivity index (χ1n) is 17.8. The van der Waals surface area contributed by atoms with Crippen molar-refractivity contribution in [3.05, 3.63) is 166 Å². The summed E-state index contributed by atoms with van der Waals surface area (Å²) in [5.41, 5.74) is 9.68. The zero-order valence-electron chi connectivity index (χ0n) is 31.9. The van der Waals surface area contributed by atoms with Crippen LogP contribution >= 0.6 is 16.5 Å². The van der Waals surface area contributed by atoms with Crippen molar-refractivity contribution in [1.29, 1.82) is 0 Å². The summed E-state index contributed by atoms with van der Waals surface area (Å²) in [6, 6.07) is 40.1. The van der Waals surface area contributed by atoms with Gasteiger partial charge in [0.15, 0.2) is 0 Å². The Bertz CT molecular complexity index is 2140. The summed E-state index contributed by atoms with van der Waals surface area (Å²) >= 11 is 0. The van der Waals surface area contributed by atoms with E-state index in [1.54, 1.807) is 0 Å². The topological polar surface area (TPSA) is 55.4 Å². The van der Waals surface area contributed by atoms with Gasteiger partial charge in [-0.1, -0.05) is 0 Å². The van der Waals surface area contributed by atoms with Gasteiger partial charge in [0.1, 0.15) is 0 Å². The molecule has 0 spiro atoms. The molecule has 0 aliphatic rings. The van der Waals surface area contributed by atoms with E-state index in [0.29, 0.717) is 34.5 Å². The number of rotatable bonds is 13. The van der Waals surface area contributed by atoms with Gasteiger partial charge in [0.2, 0.25) is 0 Å². The summed E-state index contributed by atoms with van der Waals surface area (Å²) in [6.07, 6.45) is 0. The van der Waals surface area contributed by atoms with E-state index in [4.69, 9.17) is 27.1 Å². The number of hydrogen-bond donors (Lipinski definition) is 0. The van der Waals surface area contributed by atoms with Crippen molar-refractivity contribution in [1.82, 2.24) is 0 Å². The summed E-state index contributed by atoms with van der Waals surface area (Å²) < 4.78 is 40.7. The van der Waals surface area contributed by atoms with Gasteiger partial charge in [-0.25, -0.2) is 0 Å². The van der Waals surface area contributed by atoms with Gasteiger partial charge in [-0.2, -0.15) is 0 Å². The van der Waals surface area contributed by atoms with Crippen LogP contribution in [0.15, 0.2) is 121 Å². The van der Waals surface area contributed by atoms with Crippen molar-refractivity contribution in [2.24, 2.45) is 0 Å². The molecule has 274 valence electrons. The van der Waals surface area contributed by atoms with E-state index in [1.165, 1.54) is 0 Å². The van der Waals surface area contributed by atoms with Crippen molar-refractivity contribution in [3.8, 4) is 45.6 Å². The Hall–Kier alpha value is -5.02. The molecule has 0 aliphatic carbocycles. The molecule has 0 unspecified atom stereocenters. The second-order valence-electron chi connectivity index (χ2n) is 13.6. The Morgan fingerprint density at radius 3 is 1.15 bits per heavy atom. The van der Waals surface area contributed by atoms with Crippen LogP contribution < -0.4 is 27.1 Å². The van der Waals surface area contributed by atoms with Crippen LogP contribution in [0.1, 0.15) is 44.5 Å². The van der Waals surface area contributed by atoms with Crippen LogP contribution in [0.2, 0.25) is 0 Å². The van der Waals surface area contributed by atoms with Crippen LogP contribution in [-0.2, 0) is 0 Å². The number of benzene rings is 6. The SMILES string of the molecule is Cc1cc(C)c(OP(Oc2ccccc2C)Oc2ccccc2C)c(-c2cc(C)cc(C)c2O[PH](C)(Oc2ccccc2C)Oc2ccccc2C)c1. The molecular weight excluding hydrogens is 698 g/mol. The first kappa shape index (κ1) is 37.7. The third-order valence-electron chi connectivity index (χ3n) is 8.89.